The lowest BCUT2D eigenvalue weighted by Gasteiger charge is -2.58. The van der Waals surface area contributed by atoms with Gasteiger partial charge in [-0.15, -0.1) is 134 Å². The minimum absolute atomic E-state index is 0.0237. The molecule has 25 unspecified atom stereocenters. The lowest BCUT2D eigenvalue weighted by molar-refractivity contribution is -0.169. The van der Waals surface area contributed by atoms with E-state index in [-0.39, 0.29) is 18.6 Å². The van der Waals surface area contributed by atoms with Crippen LogP contribution in [0.5, 0.6) is 0 Å². The van der Waals surface area contributed by atoms with Crippen LogP contribution in [0.15, 0.2) is 23.3 Å². The van der Waals surface area contributed by atoms with Crippen LogP contribution in [0, 0.1) is 17.3 Å². The fraction of sp³-hybridized carbons (Fsp3) is 0.800. The average molecular weight is 1390 g/mol. The van der Waals surface area contributed by atoms with E-state index in [1.165, 1.54) is 11.1 Å². The average Bonchev–Trinajstić information content (AvgIpc) is 3.11. The van der Waals surface area contributed by atoms with E-state index in [0.717, 1.165) is 0 Å². The van der Waals surface area contributed by atoms with Gasteiger partial charge in [0.1, 0.15) is 11.7 Å². The molecule has 1 saturated carbocycles. The molecule has 58 heavy (non-hydrogen) atoms. The largest absolute Gasteiger partial charge is 0.396 e. The fourth-order valence-corrected chi connectivity index (χ4v) is 213. The summed E-state index contributed by atoms with van der Waals surface area (Å²) in [6.45, 7) is 7.85. The number of fused-ring (bicyclic) bond motifs is 2. The molecule has 0 radical (unpaired) electrons. The molecule has 1 fully saturated rings. The number of rotatable bonds is 22. The Morgan fingerprint density at radius 1 is 0.759 bits per heavy atom. The number of hydrogen-bond acceptors (Lipinski definition) is 6. The first-order valence-corrected chi connectivity index (χ1v) is 72.5. The maximum Gasteiger partial charge on any atom is 0.117 e. The molecule has 0 aromatic heterocycles. The topological polar surface area (TPSA) is 88.4 Å². The molecular weight excluding hydrogens is 1330 g/mol. The van der Waals surface area contributed by atoms with Gasteiger partial charge in [-0.3, -0.25) is 0 Å². The van der Waals surface area contributed by atoms with Crippen LogP contribution < -0.4 is 0 Å². The van der Waals surface area contributed by atoms with Crippen LogP contribution in [-0.2, 0) is 13.6 Å². The van der Waals surface area contributed by atoms with Crippen LogP contribution in [0.3, 0.4) is 0 Å². The zero-order valence-corrected chi connectivity index (χ0v) is 65.8. The van der Waals surface area contributed by atoms with E-state index >= 15 is 0 Å². The number of aliphatic hydroxyl groups is 3. The first-order valence-electron chi connectivity index (χ1n) is 16.7. The first-order chi connectivity index (χ1) is 26.7. The van der Waals surface area contributed by atoms with Gasteiger partial charge in [0.05, 0.1) is 40.9 Å². The van der Waals surface area contributed by atoms with Crippen molar-refractivity contribution < 1.29 is 28.9 Å². The Morgan fingerprint density at radius 2 is 1.26 bits per heavy atom. The molecule has 0 spiro atoms. The molecule has 38 heteroatoms. The Balaban J connectivity index is 3.25. The zero-order chi connectivity index (χ0) is 44.9. The Kier molecular flexibility index (Phi) is 37.1. The van der Waals surface area contributed by atoms with E-state index in [1.807, 2.05) is 0 Å². The fourth-order valence-electron chi connectivity index (χ4n) is 6.94. The van der Waals surface area contributed by atoms with Gasteiger partial charge in [0.2, 0.25) is 0 Å². The molecule has 3 N–H and O–H groups in total. The van der Waals surface area contributed by atoms with Crippen LogP contribution >= 0.6 is 259 Å². The van der Waals surface area contributed by atoms with E-state index in [0.29, 0.717) is 32.8 Å². The Morgan fingerprint density at radius 3 is 1.67 bits per heavy atom. The summed E-state index contributed by atoms with van der Waals surface area (Å²) in [6.07, 6.45) is -1.09. The van der Waals surface area contributed by atoms with Crippen molar-refractivity contribution in [3.05, 3.63) is 23.3 Å². The lowest BCUT2D eigenvalue weighted by atomic mass is 9.54. The highest BCUT2D eigenvalue weighted by Gasteiger charge is 2.62. The van der Waals surface area contributed by atoms with E-state index in [9.17, 15) is 15.3 Å². The summed E-state index contributed by atoms with van der Waals surface area (Å²) < 4.78 is 23.3. The van der Waals surface area contributed by atoms with Crippen LogP contribution in [0.4, 0.5) is 0 Å². The van der Waals surface area contributed by atoms with Crippen LogP contribution in [0.2, 0.25) is 0 Å². The van der Waals surface area contributed by atoms with Crippen molar-refractivity contribution >= 4 is 259 Å². The van der Waals surface area contributed by atoms with Crippen LogP contribution in [0.25, 0.3) is 0 Å². The van der Waals surface area contributed by atoms with Crippen molar-refractivity contribution in [1.82, 2.24) is 0 Å². The van der Waals surface area contributed by atoms with Crippen molar-refractivity contribution in [2.24, 2.45) is 17.3 Å². The molecule has 0 aliphatic heterocycles. The highest BCUT2D eigenvalue weighted by Crippen LogP contribution is 3.18. The molecule has 0 aromatic carbocycles. The highest BCUT2D eigenvalue weighted by molar-refractivity contribution is 9.19. The molecule has 342 valence electrons. The second-order valence-electron chi connectivity index (χ2n) is 13.6. The second-order valence-corrected chi connectivity index (χ2v) is 129. The molecule has 2 aliphatic rings. The van der Waals surface area contributed by atoms with Gasteiger partial charge < -0.3 is 28.9 Å². The number of aliphatic hydroxyl groups excluding tert-OH is 2. The predicted molar refractivity (Wildman–Crippen MR) is 365 cm³/mol. The summed E-state index contributed by atoms with van der Waals surface area (Å²) in [5.41, 5.74) is 0.615. The third kappa shape index (κ3) is 18.0. The molecule has 2 aliphatic carbocycles. The summed E-state index contributed by atoms with van der Waals surface area (Å²) in [4.78, 5) is 0. The summed E-state index contributed by atoms with van der Waals surface area (Å²) >= 11 is 0. The third-order valence-corrected chi connectivity index (χ3v) is 168. The Labute approximate surface area is 408 Å². The van der Waals surface area contributed by atoms with Crippen molar-refractivity contribution in [3.8, 4) is 0 Å². The standard InChI is InChI=1S/C20H66O6P32/c1-10(7-6-8-21)20(23)12(3)16(25-45(48(28)29)55(42)50(32)33)17(26-46(49(30)31)57(44-27)52(36)37)15-11(2)14(9-13(18(20)22)19(15,4)5)24-47(56(43)51(34)35)58(53(38)39)54(40)41/h12-14,16-18,21-23,44H,1,6-9,27-43H2,2-5H3/t12-,13?,14+,16-,17-,18-,20+,45?,46?,47?,55?,56?,57?/m1/s1. The van der Waals surface area contributed by atoms with Crippen molar-refractivity contribution in [2.75, 3.05) is 6.61 Å². The van der Waals surface area contributed by atoms with E-state index in [2.05, 4.69) is 186 Å². The maximum absolute atomic E-state index is 13.5. The summed E-state index contributed by atoms with van der Waals surface area (Å²) in [5.74, 6) is -0.941. The highest BCUT2D eigenvalue weighted by atomic mass is 33.2. The molecule has 0 saturated heterocycles. The van der Waals surface area contributed by atoms with Crippen molar-refractivity contribution in [1.29, 1.82) is 0 Å². The molecule has 6 nitrogen and oxygen atoms in total. The van der Waals surface area contributed by atoms with Crippen LogP contribution in [-0.4, -0.2) is 51.9 Å². The zero-order valence-electron chi connectivity index (χ0n) is 32.6. The first kappa shape index (κ1) is 67.1. The molecular formula is C20H66O6P32. The second kappa shape index (κ2) is 32.0. The summed E-state index contributed by atoms with van der Waals surface area (Å²) in [6, 6.07) is 0. The molecule has 0 heterocycles. The van der Waals surface area contributed by atoms with Crippen molar-refractivity contribution in [3.63, 3.8) is 0 Å². The molecule has 31 atom stereocenters. The van der Waals surface area contributed by atoms with Gasteiger partial charge >= 0.3 is 0 Å². The maximum atomic E-state index is 13.5. The monoisotopic (exact) mass is 1390 g/mol. The van der Waals surface area contributed by atoms with Crippen LogP contribution in [0.1, 0.15) is 47.0 Å². The van der Waals surface area contributed by atoms with Crippen molar-refractivity contribution in [2.45, 2.75) is 77.0 Å². The summed E-state index contributed by atoms with van der Waals surface area (Å²) in [5, 5.41) is 36.6. The minimum atomic E-state index is -1.72. The van der Waals surface area contributed by atoms with E-state index in [1.54, 1.807) is 0 Å². The molecule has 2 rings (SSSR count). The van der Waals surface area contributed by atoms with Gasteiger partial charge in [-0.1, -0.05) is 53.2 Å². The SMILES string of the molecule is C=C(CCCO)[C@@]1(O)[C@H](O)C2C[C@H](OP(P(P)P(P)P)P(P(P)P)P(P)P)C(C)=C([C@@H](OP(P(P)P)P(PP)P(P)P)[C@H](OP(P(P)P)P(P)P(P)P)[C@H]1C)C2(C)C. The van der Waals surface area contributed by atoms with E-state index in [4.69, 9.17) is 13.6 Å². The number of hydrogen-bond donors (Lipinski definition) is 3. The molecule has 2 bridgehead atoms. The summed E-state index contributed by atoms with van der Waals surface area (Å²) in [7, 11) is 50.7. The van der Waals surface area contributed by atoms with E-state index < -0.39 is 135 Å². The van der Waals surface area contributed by atoms with Gasteiger partial charge in [-0.2, -0.15) is 0 Å². The quantitative estimate of drug-likeness (QED) is 0.0739. The smallest absolute Gasteiger partial charge is 0.117 e. The minimum Gasteiger partial charge on any atom is -0.396 e. The normalized spacial score (nSPS) is 30.3. The van der Waals surface area contributed by atoms with Gasteiger partial charge in [0, 0.05) is 40.5 Å². The van der Waals surface area contributed by atoms with Gasteiger partial charge in [-0.25, -0.2) is 0 Å². The van der Waals surface area contributed by atoms with Gasteiger partial charge in [0.25, 0.3) is 0 Å². The molecule has 0 amide bonds. The predicted octanol–water partition coefficient (Wildman–Crippen LogP) is 20.2. The Hall–Kier alpha value is 13.0. The third-order valence-electron chi connectivity index (χ3n) is 9.73. The van der Waals surface area contributed by atoms with Gasteiger partial charge in [-0.05, 0) is 103 Å². The Bertz CT molecular complexity index is 1320. The lowest BCUT2D eigenvalue weighted by Crippen LogP contribution is -2.64. The van der Waals surface area contributed by atoms with Gasteiger partial charge in [0.15, 0.2) is 0 Å². The molecule has 0 aromatic rings.